The van der Waals surface area contributed by atoms with Gasteiger partial charge in [-0.05, 0) is 40.1 Å². The Morgan fingerprint density at radius 1 is 1.19 bits per heavy atom. The molecule has 1 fully saturated rings. The molecule has 146 valence electrons. The van der Waals surface area contributed by atoms with Gasteiger partial charge in [0.2, 0.25) is 5.91 Å². The second-order valence-corrected chi connectivity index (χ2v) is 7.42. The zero-order valence-corrected chi connectivity index (χ0v) is 19.1. The van der Waals surface area contributed by atoms with Crippen LogP contribution in [0.1, 0.15) is 11.1 Å². The van der Waals surface area contributed by atoms with Crippen LogP contribution in [0.4, 0.5) is 0 Å². The third-order valence-corrected chi connectivity index (χ3v) is 5.39. The van der Waals surface area contributed by atoms with E-state index in [-0.39, 0.29) is 29.9 Å². The summed E-state index contributed by atoms with van der Waals surface area (Å²) in [6, 6.07) is 9.61. The highest BCUT2D eigenvalue weighted by molar-refractivity contribution is 14.0. The van der Waals surface area contributed by atoms with Gasteiger partial charge in [-0.2, -0.15) is 11.3 Å². The van der Waals surface area contributed by atoms with Crippen molar-refractivity contribution in [3.05, 3.63) is 57.2 Å². The van der Waals surface area contributed by atoms with Gasteiger partial charge < -0.3 is 15.1 Å². The predicted molar refractivity (Wildman–Crippen MR) is 123 cm³/mol. The van der Waals surface area contributed by atoms with Crippen molar-refractivity contribution < 1.29 is 4.79 Å². The van der Waals surface area contributed by atoms with Crippen molar-refractivity contribution in [2.75, 3.05) is 33.2 Å². The van der Waals surface area contributed by atoms with Gasteiger partial charge in [-0.1, -0.05) is 23.7 Å². The average molecular weight is 519 g/mol. The number of piperazine rings is 1. The molecule has 0 saturated carbocycles. The molecule has 1 saturated heterocycles. The average Bonchev–Trinajstić information content (AvgIpc) is 3.16. The molecule has 2 aromatic rings. The Bertz CT molecular complexity index is 761. The molecule has 3 rings (SSSR count). The van der Waals surface area contributed by atoms with Crippen LogP contribution in [-0.4, -0.2) is 54.9 Å². The number of thiophene rings is 1. The molecular formula is C19H24ClIN4OS. The topological polar surface area (TPSA) is 47.9 Å². The molecule has 1 aliphatic heterocycles. The Labute approximate surface area is 186 Å². The van der Waals surface area contributed by atoms with Crippen LogP contribution in [0, 0.1) is 0 Å². The zero-order chi connectivity index (χ0) is 18.4. The maximum absolute atomic E-state index is 12.5. The van der Waals surface area contributed by atoms with Gasteiger partial charge in [-0.15, -0.1) is 24.0 Å². The number of halogens is 2. The van der Waals surface area contributed by atoms with E-state index < -0.39 is 0 Å². The lowest BCUT2D eigenvalue weighted by atomic mass is 10.1. The largest absolute Gasteiger partial charge is 0.352 e. The van der Waals surface area contributed by atoms with E-state index in [0.717, 1.165) is 31.2 Å². The third-order valence-electron chi connectivity index (χ3n) is 4.42. The number of nitrogens with one attached hydrogen (secondary N) is 1. The minimum absolute atomic E-state index is 0. The van der Waals surface area contributed by atoms with E-state index in [1.165, 1.54) is 5.56 Å². The molecular weight excluding hydrogens is 495 g/mol. The van der Waals surface area contributed by atoms with Gasteiger partial charge in [0.1, 0.15) is 0 Å². The SMILES string of the molecule is CN=C(NCc1ccsc1)N1CCN(C(=O)Cc2cccc(Cl)c2)CC1.I. The van der Waals surface area contributed by atoms with Crippen molar-refractivity contribution in [1.82, 2.24) is 15.1 Å². The van der Waals surface area contributed by atoms with Crippen molar-refractivity contribution in [1.29, 1.82) is 0 Å². The number of amides is 1. The molecule has 27 heavy (non-hydrogen) atoms. The minimum Gasteiger partial charge on any atom is -0.352 e. The molecule has 8 heteroatoms. The summed E-state index contributed by atoms with van der Waals surface area (Å²) in [5.41, 5.74) is 2.21. The first-order chi connectivity index (χ1) is 12.7. The molecule has 1 amide bonds. The van der Waals surface area contributed by atoms with Gasteiger partial charge in [0.15, 0.2) is 5.96 Å². The standard InChI is InChI=1S/C19H23ClN4OS.HI/c1-21-19(22-13-16-5-10-26-14-16)24-8-6-23(7-9-24)18(25)12-15-3-2-4-17(20)11-15;/h2-5,10-11,14H,6-9,12-13H2,1H3,(H,21,22);1H. The van der Waals surface area contributed by atoms with E-state index in [9.17, 15) is 4.79 Å². The summed E-state index contributed by atoms with van der Waals surface area (Å²) in [5.74, 6) is 1.03. The second kappa shape index (κ2) is 10.9. The summed E-state index contributed by atoms with van der Waals surface area (Å²) in [5, 5.41) is 8.27. The van der Waals surface area contributed by atoms with E-state index in [4.69, 9.17) is 11.6 Å². The van der Waals surface area contributed by atoms with Crippen LogP contribution < -0.4 is 5.32 Å². The lowest BCUT2D eigenvalue weighted by molar-refractivity contribution is -0.131. The van der Waals surface area contributed by atoms with E-state index in [1.54, 1.807) is 18.4 Å². The van der Waals surface area contributed by atoms with Crippen LogP contribution in [0.3, 0.4) is 0 Å². The monoisotopic (exact) mass is 518 g/mol. The molecule has 0 spiro atoms. The second-order valence-electron chi connectivity index (χ2n) is 6.21. The molecule has 0 atom stereocenters. The van der Waals surface area contributed by atoms with Crippen LogP contribution in [0.5, 0.6) is 0 Å². The molecule has 0 unspecified atom stereocenters. The number of rotatable bonds is 4. The molecule has 2 heterocycles. The summed E-state index contributed by atoms with van der Waals surface area (Å²) in [7, 11) is 1.80. The lowest BCUT2D eigenvalue weighted by Crippen LogP contribution is -2.53. The molecule has 0 aliphatic carbocycles. The van der Waals surface area contributed by atoms with Crippen LogP contribution in [0.15, 0.2) is 46.1 Å². The Balaban J connectivity index is 0.00000261. The number of carbonyl (C=O) groups is 1. The van der Waals surface area contributed by atoms with Gasteiger partial charge in [0, 0.05) is 44.8 Å². The Kier molecular flexibility index (Phi) is 8.85. The van der Waals surface area contributed by atoms with Gasteiger partial charge in [0.25, 0.3) is 0 Å². The summed E-state index contributed by atoms with van der Waals surface area (Å²) in [6.07, 6.45) is 0.395. The fourth-order valence-electron chi connectivity index (χ4n) is 3.01. The first-order valence-corrected chi connectivity index (χ1v) is 9.96. The Morgan fingerprint density at radius 2 is 1.93 bits per heavy atom. The van der Waals surface area contributed by atoms with Crippen molar-refractivity contribution in [2.24, 2.45) is 4.99 Å². The Morgan fingerprint density at radius 3 is 2.56 bits per heavy atom. The highest BCUT2D eigenvalue weighted by Gasteiger charge is 2.23. The van der Waals surface area contributed by atoms with E-state index >= 15 is 0 Å². The summed E-state index contributed by atoms with van der Waals surface area (Å²) in [4.78, 5) is 21.0. The number of hydrogen-bond acceptors (Lipinski definition) is 3. The first kappa shape index (κ1) is 22.0. The predicted octanol–water partition coefficient (Wildman–Crippen LogP) is 3.48. The summed E-state index contributed by atoms with van der Waals surface area (Å²) >= 11 is 7.69. The van der Waals surface area contributed by atoms with Gasteiger partial charge in [-0.3, -0.25) is 9.79 Å². The van der Waals surface area contributed by atoms with Crippen molar-refractivity contribution in [2.45, 2.75) is 13.0 Å². The van der Waals surface area contributed by atoms with E-state index in [2.05, 4.69) is 32.0 Å². The fourth-order valence-corrected chi connectivity index (χ4v) is 3.89. The molecule has 1 aromatic carbocycles. The van der Waals surface area contributed by atoms with Gasteiger partial charge >= 0.3 is 0 Å². The van der Waals surface area contributed by atoms with Crippen LogP contribution in [0.25, 0.3) is 0 Å². The number of hydrogen-bond donors (Lipinski definition) is 1. The highest BCUT2D eigenvalue weighted by atomic mass is 127. The number of nitrogens with zero attached hydrogens (tertiary/aromatic N) is 3. The first-order valence-electron chi connectivity index (χ1n) is 8.64. The van der Waals surface area contributed by atoms with E-state index in [1.807, 2.05) is 29.2 Å². The zero-order valence-electron chi connectivity index (χ0n) is 15.2. The summed E-state index contributed by atoms with van der Waals surface area (Å²) in [6.45, 7) is 3.75. The number of carbonyl (C=O) groups excluding carboxylic acids is 1. The number of guanidine groups is 1. The van der Waals surface area contributed by atoms with E-state index in [0.29, 0.717) is 24.5 Å². The molecule has 1 aromatic heterocycles. The van der Waals surface area contributed by atoms with Crippen LogP contribution in [0.2, 0.25) is 5.02 Å². The highest BCUT2D eigenvalue weighted by Crippen LogP contribution is 2.13. The number of benzene rings is 1. The quantitative estimate of drug-likeness (QED) is 0.383. The molecule has 0 bridgehead atoms. The number of aliphatic imine (C=N–C) groups is 1. The van der Waals surface area contributed by atoms with Crippen molar-refractivity contribution in [3.63, 3.8) is 0 Å². The molecule has 1 aliphatic rings. The normalized spacial score (nSPS) is 14.7. The van der Waals surface area contributed by atoms with Gasteiger partial charge in [-0.25, -0.2) is 0 Å². The lowest BCUT2D eigenvalue weighted by Gasteiger charge is -2.36. The van der Waals surface area contributed by atoms with Crippen molar-refractivity contribution in [3.8, 4) is 0 Å². The van der Waals surface area contributed by atoms with Crippen LogP contribution in [-0.2, 0) is 17.8 Å². The van der Waals surface area contributed by atoms with Gasteiger partial charge in [0.05, 0.1) is 6.42 Å². The molecule has 0 radical (unpaired) electrons. The fraction of sp³-hybridized carbons (Fsp3) is 0.368. The minimum atomic E-state index is 0. The molecule has 5 nitrogen and oxygen atoms in total. The van der Waals surface area contributed by atoms with Crippen LogP contribution >= 0.6 is 46.9 Å². The maximum atomic E-state index is 12.5. The third kappa shape index (κ3) is 6.36. The maximum Gasteiger partial charge on any atom is 0.227 e. The smallest absolute Gasteiger partial charge is 0.227 e. The molecule has 1 N–H and O–H groups in total. The van der Waals surface area contributed by atoms with Crippen molar-refractivity contribution >= 4 is 58.8 Å². The Hall–Kier alpha value is -1.32. The summed E-state index contributed by atoms with van der Waals surface area (Å²) < 4.78 is 0.